The van der Waals surface area contributed by atoms with E-state index in [1.807, 2.05) is 73.7 Å². The van der Waals surface area contributed by atoms with Crippen molar-refractivity contribution in [2.75, 3.05) is 6.61 Å². The zero-order chi connectivity index (χ0) is 27.8. The van der Waals surface area contributed by atoms with Gasteiger partial charge in [0.2, 0.25) is 11.8 Å². The number of ether oxygens (including phenoxy) is 1. The molecule has 2 atom stereocenters. The number of nitrogens with two attached hydrogens (primary N) is 1. The molecule has 2 amide bonds. The van der Waals surface area contributed by atoms with Crippen LogP contribution in [0.4, 0.5) is 0 Å². The van der Waals surface area contributed by atoms with Gasteiger partial charge in [-0.3, -0.25) is 14.6 Å². The van der Waals surface area contributed by atoms with Crippen molar-refractivity contribution in [1.82, 2.24) is 10.3 Å². The molecule has 0 aliphatic carbocycles. The minimum absolute atomic E-state index is 0.0657. The molecule has 0 spiro atoms. The predicted molar refractivity (Wildman–Crippen MR) is 153 cm³/mol. The predicted octanol–water partition coefficient (Wildman–Crippen LogP) is 5.24. The van der Waals surface area contributed by atoms with Crippen molar-refractivity contribution in [3.05, 3.63) is 136 Å². The van der Waals surface area contributed by atoms with E-state index in [0.29, 0.717) is 6.42 Å². The molecule has 0 saturated carbocycles. The van der Waals surface area contributed by atoms with E-state index >= 15 is 0 Å². The summed E-state index contributed by atoms with van der Waals surface area (Å²) in [6, 6.07) is 27.7. The normalized spacial score (nSPS) is 12.5. The zero-order valence-electron chi connectivity index (χ0n) is 22.7. The number of pyridine rings is 1. The Kier molecular flexibility index (Phi) is 9.23. The second-order valence-corrected chi connectivity index (χ2v) is 9.91. The van der Waals surface area contributed by atoms with Crippen LogP contribution in [0.2, 0.25) is 0 Å². The quantitative estimate of drug-likeness (QED) is 0.282. The van der Waals surface area contributed by atoms with E-state index in [4.69, 9.17) is 10.5 Å². The standard InChI is InChI=1S/C33H35N3O3/c1-22-11-16-29(23(2)18-22)33(27-8-5-4-6-9-27)36-32(38)19-25-12-14-26(15-13-25)30(39-21-31(34)37)20-28-10-7-17-35-24(28)3/h4-18,30,33H,19-21H2,1-3H3,(H2,34,37)(H,36,38). The first-order valence-electron chi connectivity index (χ1n) is 13.1. The fourth-order valence-corrected chi connectivity index (χ4v) is 4.77. The molecule has 1 heterocycles. The smallest absolute Gasteiger partial charge is 0.243 e. The van der Waals surface area contributed by atoms with Crippen molar-refractivity contribution in [3.8, 4) is 0 Å². The highest BCUT2D eigenvalue weighted by Crippen LogP contribution is 2.27. The van der Waals surface area contributed by atoms with Crippen LogP contribution in [0.5, 0.6) is 0 Å². The minimum atomic E-state index is -0.520. The van der Waals surface area contributed by atoms with Crippen LogP contribution in [-0.4, -0.2) is 23.4 Å². The molecule has 6 heteroatoms. The van der Waals surface area contributed by atoms with Gasteiger partial charge in [0.25, 0.3) is 0 Å². The van der Waals surface area contributed by atoms with Gasteiger partial charge in [0.15, 0.2) is 0 Å². The minimum Gasteiger partial charge on any atom is -0.368 e. The van der Waals surface area contributed by atoms with E-state index in [-0.39, 0.29) is 31.1 Å². The number of aromatic nitrogens is 1. The third-order valence-corrected chi connectivity index (χ3v) is 6.84. The molecule has 2 unspecified atom stereocenters. The van der Waals surface area contributed by atoms with Gasteiger partial charge >= 0.3 is 0 Å². The molecular weight excluding hydrogens is 486 g/mol. The van der Waals surface area contributed by atoms with Crippen LogP contribution in [0, 0.1) is 20.8 Å². The summed E-state index contributed by atoms with van der Waals surface area (Å²) >= 11 is 0. The fourth-order valence-electron chi connectivity index (χ4n) is 4.77. The monoisotopic (exact) mass is 521 g/mol. The Morgan fingerprint density at radius 3 is 2.31 bits per heavy atom. The number of aryl methyl sites for hydroxylation is 3. The summed E-state index contributed by atoms with van der Waals surface area (Å²) in [5, 5.41) is 3.25. The van der Waals surface area contributed by atoms with Crippen molar-refractivity contribution >= 4 is 11.8 Å². The van der Waals surface area contributed by atoms with Crippen LogP contribution in [-0.2, 0) is 27.2 Å². The molecule has 6 nitrogen and oxygen atoms in total. The van der Waals surface area contributed by atoms with Crippen LogP contribution in [0.1, 0.15) is 56.8 Å². The molecule has 4 rings (SSSR count). The van der Waals surface area contributed by atoms with Crippen molar-refractivity contribution in [2.45, 2.75) is 45.8 Å². The van der Waals surface area contributed by atoms with Crippen molar-refractivity contribution in [3.63, 3.8) is 0 Å². The molecule has 3 N–H and O–H groups in total. The van der Waals surface area contributed by atoms with Crippen molar-refractivity contribution in [2.24, 2.45) is 5.73 Å². The lowest BCUT2D eigenvalue weighted by Gasteiger charge is -2.22. The first-order chi connectivity index (χ1) is 18.8. The summed E-state index contributed by atoms with van der Waals surface area (Å²) in [5.74, 6) is -0.586. The maximum Gasteiger partial charge on any atom is 0.243 e. The molecule has 0 saturated heterocycles. The van der Waals surface area contributed by atoms with Gasteiger partial charge in [-0.15, -0.1) is 0 Å². The summed E-state index contributed by atoms with van der Waals surface area (Å²) in [4.78, 5) is 29.0. The third-order valence-electron chi connectivity index (χ3n) is 6.84. The molecule has 0 radical (unpaired) electrons. The van der Waals surface area contributed by atoms with E-state index < -0.39 is 5.91 Å². The maximum atomic E-state index is 13.2. The Labute approximate surface area is 230 Å². The van der Waals surface area contributed by atoms with E-state index in [1.165, 1.54) is 5.56 Å². The highest BCUT2D eigenvalue weighted by atomic mass is 16.5. The number of primary amides is 1. The summed E-state index contributed by atoms with van der Waals surface area (Å²) < 4.78 is 5.86. The van der Waals surface area contributed by atoms with Crippen LogP contribution in [0.3, 0.4) is 0 Å². The number of carbonyl (C=O) groups is 2. The van der Waals surface area contributed by atoms with Gasteiger partial charge in [-0.05, 0) is 60.2 Å². The maximum absolute atomic E-state index is 13.2. The van der Waals surface area contributed by atoms with Gasteiger partial charge in [-0.1, -0.05) is 84.4 Å². The molecule has 3 aromatic carbocycles. The third kappa shape index (κ3) is 7.62. The van der Waals surface area contributed by atoms with Crippen LogP contribution >= 0.6 is 0 Å². The van der Waals surface area contributed by atoms with E-state index in [0.717, 1.165) is 39.1 Å². The molecule has 0 bridgehead atoms. The number of nitrogens with zero attached hydrogens (tertiary/aromatic N) is 1. The Morgan fingerprint density at radius 1 is 0.897 bits per heavy atom. The Hall–Kier alpha value is -4.29. The Morgan fingerprint density at radius 2 is 1.64 bits per heavy atom. The molecule has 0 aliphatic rings. The second kappa shape index (κ2) is 13.0. The van der Waals surface area contributed by atoms with Crippen LogP contribution < -0.4 is 11.1 Å². The number of amides is 2. The highest BCUT2D eigenvalue weighted by Gasteiger charge is 2.20. The number of rotatable bonds is 11. The second-order valence-electron chi connectivity index (χ2n) is 9.91. The van der Waals surface area contributed by atoms with Crippen molar-refractivity contribution < 1.29 is 14.3 Å². The Bertz CT molecular complexity index is 1420. The SMILES string of the molecule is Cc1ccc(C(NC(=O)Cc2ccc(C(Cc3cccnc3C)OCC(N)=O)cc2)c2ccccc2)c(C)c1. The molecule has 200 valence electrons. The topological polar surface area (TPSA) is 94.3 Å². The summed E-state index contributed by atoms with van der Waals surface area (Å²) in [6.45, 7) is 5.92. The van der Waals surface area contributed by atoms with E-state index in [1.54, 1.807) is 6.20 Å². The molecular formula is C33H35N3O3. The van der Waals surface area contributed by atoms with Crippen LogP contribution in [0.15, 0.2) is 91.1 Å². The first-order valence-corrected chi connectivity index (χ1v) is 13.1. The first kappa shape index (κ1) is 27.7. The van der Waals surface area contributed by atoms with Gasteiger partial charge in [-0.25, -0.2) is 0 Å². The number of benzene rings is 3. The van der Waals surface area contributed by atoms with Gasteiger partial charge < -0.3 is 15.8 Å². The highest BCUT2D eigenvalue weighted by molar-refractivity contribution is 5.79. The largest absolute Gasteiger partial charge is 0.368 e. The van der Waals surface area contributed by atoms with E-state index in [2.05, 4.69) is 42.3 Å². The van der Waals surface area contributed by atoms with E-state index in [9.17, 15) is 9.59 Å². The van der Waals surface area contributed by atoms with Gasteiger partial charge in [0.05, 0.1) is 18.6 Å². The molecule has 0 aliphatic heterocycles. The number of nitrogens with one attached hydrogen (secondary N) is 1. The lowest BCUT2D eigenvalue weighted by Crippen LogP contribution is -2.31. The number of carbonyl (C=O) groups excluding carboxylic acids is 2. The number of hydrogen-bond acceptors (Lipinski definition) is 4. The van der Waals surface area contributed by atoms with Gasteiger partial charge in [0.1, 0.15) is 6.61 Å². The van der Waals surface area contributed by atoms with Gasteiger partial charge in [0, 0.05) is 18.3 Å². The Balaban J connectivity index is 1.49. The fraction of sp³-hybridized carbons (Fsp3) is 0.242. The lowest BCUT2D eigenvalue weighted by atomic mass is 9.93. The van der Waals surface area contributed by atoms with Gasteiger partial charge in [-0.2, -0.15) is 0 Å². The molecule has 0 fully saturated rings. The molecule has 4 aromatic rings. The summed E-state index contributed by atoms with van der Waals surface area (Å²) in [6.07, 6.45) is 2.18. The summed E-state index contributed by atoms with van der Waals surface area (Å²) in [5.41, 5.74) is 13.5. The number of hydrogen-bond donors (Lipinski definition) is 2. The lowest BCUT2D eigenvalue weighted by molar-refractivity contribution is -0.124. The average Bonchev–Trinajstić information content (AvgIpc) is 2.92. The molecule has 1 aromatic heterocycles. The average molecular weight is 522 g/mol. The zero-order valence-corrected chi connectivity index (χ0v) is 22.7. The molecule has 39 heavy (non-hydrogen) atoms. The van der Waals surface area contributed by atoms with Crippen molar-refractivity contribution in [1.29, 1.82) is 0 Å². The summed E-state index contributed by atoms with van der Waals surface area (Å²) in [7, 11) is 0. The van der Waals surface area contributed by atoms with Crippen LogP contribution in [0.25, 0.3) is 0 Å².